The van der Waals surface area contributed by atoms with Gasteiger partial charge in [0.05, 0.1) is 18.1 Å². The topological polar surface area (TPSA) is 50.4 Å². The van der Waals surface area contributed by atoms with Crippen LogP contribution in [-0.2, 0) is 16.0 Å². The average molecular weight is 339 g/mol. The Labute approximate surface area is 144 Å². The molecule has 1 amide bonds. The number of benzene rings is 1. The SMILES string of the molecule is COCC1(CNC(=O)C2CCCc3ccccc32)CCCN1.Cl. The van der Waals surface area contributed by atoms with Crippen molar-refractivity contribution in [1.82, 2.24) is 10.6 Å². The van der Waals surface area contributed by atoms with E-state index in [9.17, 15) is 4.79 Å². The van der Waals surface area contributed by atoms with Gasteiger partial charge in [-0.05, 0) is 49.8 Å². The smallest absolute Gasteiger partial charge is 0.227 e. The summed E-state index contributed by atoms with van der Waals surface area (Å²) in [6.07, 6.45) is 5.34. The molecule has 2 N–H and O–H groups in total. The zero-order chi connectivity index (χ0) is 15.4. The second-order valence-electron chi connectivity index (χ2n) is 6.61. The number of rotatable bonds is 5. The van der Waals surface area contributed by atoms with Gasteiger partial charge in [-0.1, -0.05) is 24.3 Å². The number of halogens is 1. The van der Waals surface area contributed by atoms with E-state index >= 15 is 0 Å². The van der Waals surface area contributed by atoms with Gasteiger partial charge in [0.2, 0.25) is 5.91 Å². The maximum Gasteiger partial charge on any atom is 0.227 e. The zero-order valence-electron chi connectivity index (χ0n) is 13.8. The Morgan fingerprint density at radius 1 is 1.39 bits per heavy atom. The largest absolute Gasteiger partial charge is 0.383 e. The highest BCUT2D eigenvalue weighted by atomic mass is 35.5. The van der Waals surface area contributed by atoms with Crippen LogP contribution in [0, 0.1) is 0 Å². The molecule has 0 spiro atoms. The molecule has 1 heterocycles. The third-order valence-electron chi connectivity index (χ3n) is 5.04. The van der Waals surface area contributed by atoms with Gasteiger partial charge in [-0.15, -0.1) is 12.4 Å². The maximum absolute atomic E-state index is 12.7. The van der Waals surface area contributed by atoms with Gasteiger partial charge in [-0.3, -0.25) is 4.79 Å². The number of fused-ring (bicyclic) bond motifs is 1. The molecule has 23 heavy (non-hydrogen) atoms. The van der Waals surface area contributed by atoms with Crippen molar-refractivity contribution in [3.05, 3.63) is 35.4 Å². The van der Waals surface area contributed by atoms with Gasteiger partial charge in [0.1, 0.15) is 0 Å². The Morgan fingerprint density at radius 3 is 2.96 bits per heavy atom. The van der Waals surface area contributed by atoms with Gasteiger partial charge in [-0.25, -0.2) is 0 Å². The number of aryl methyl sites for hydroxylation is 1. The van der Waals surface area contributed by atoms with Crippen molar-refractivity contribution in [3.63, 3.8) is 0 Å². The normalized spacial score (nSPS) is 26.2. The summed E-state index contributed by atoms with van der Waals surface area (Å²) in [5.41, 5.74) is 2.46. The molecule has 0 saturated carbocycles. The van der Waals surface area contributed by atoms with E-state index in [0.717, 1.165) is 38.6 Å². The molecule has 2 unspecified atom stereocenters. The maximum atomic E-state index is 12.7. The standard InChI is InChI=1S/C18H26N2O2.ClH/c1-22-13-18(10-5-11-20-18)12-19-17(21)16-9-4-7-14-6-2-3-8-15(14)16;/h2-3,6,8,16,20H,4-5,7,9-13H2,1H3,(H,19,21);1H. The Bertz CT molecular complexity index is 530. The number of methoxy groups -OCH3 is 1. The summed E-state index contributed by atoms with van der Waals surface area (Å²) in [4.78, 5) is 12.7. The van der Waals surface area contributed by atoms with Gasteiger partial charge < -0.3 is 15.4 Å². The van der Waals surface area contributed by atoms with Gasteiger partial charge in [0, 0.05) is 13.7 Å². The number of carbonyl (C=O) groups excluding carboxylic acids is 1. The van der Waals surface area contributed by atoms with E-state index in [1.165, 1.54) is 11.1 Å². The summed E-state index contributed by atoms with van der Waals surface area (Å²) in [5.74, 6) is 0.169. The zero-order valence-corrected chi connectivity index (χ0v) is 14.6. The number of ether oxygens (including phenoxy) is 1. The van der Waals surface area contributed by atoms with E-state index in [4.69, 9.17) is 4.74 Å². The molecule has 2 atom stereocenters. The molecule has 3 rings (SSSR count). The van der Waals surface area contributed by atoms with Gasteiger partial charge in [0.25, 0.3) is 0 Å². The van der Waals surface area contributed by atoms with Crippen molar-refractivity contribution in [2.75, 3.05) is 26.8 Å². The van der Waals surface area contributed by atoms with Crippen LogP contribution in [0.15, 0.2) is 24.3 Å². The minimum Gasteiger partial charge on any atom is -0.383 e. The van der Waals surface area contributed by atoms with E-state index in [1.54, 1.807) is 7.11 Å². The van der Waals surface area contributed by atoms with Crippen LogP contribution in [0.4, 0.5) is 0 Å². The number of nitrogens with one attached hydrogen (secondary N) is 2. The summed E-state index contributed by atoms with van der Waals surface area (Å²) in [6, 6.07) is 8.36. The second-order valence-corrected chi connectivity index (χ2v) is 6.61. The number of hydrogen-bond acceptors (Lipinski definition) is 3. The van der Waals surface area contributed by atoms with Crippen molar-refractivity contribution in [2.24, 2.45) is 0 Å². The van der Waals surface area contributed by atoms with Crippen molar-refractivity contribution in [3.8, 4) is 0 Å². The van der Waals surface area contributed by atoms with Crippen LogP contribution in [0.1, 0.15) is 42.7 Å². The lowest BCUT2D eigenvalue weighted by atomic mass is 9.82. The van der Waals surface area contributed by atoms with Crippen LogP contribution in [0.25, 0.3) is 0 Å². The number of hydrogen-bond donors (Lipinski definition) is 2. The van der Waals surface area contributed by atoms with Crippen LogP contribution in [0.3, 0.4) is 0 Å². The molecule has 2 aliphatic rings. The molecule has 5 heteroatoms. The van der Waals surface area contributed by atoms with Crippen LogP contribution in [0.5, 0.6) is 0 Å². The third-order valence-corrected chi connectivity index (χ3v) is 5.04. The number of amides is 1. The predicted octanol–water partition coefficient (Wildman–Crippen LogP) is 2.41. The predicted molar refractivity (Wildman–Crippen MR) is 94.2 cm³/mol. The average Bonchev–Trinajstić information content (AvgIpc) is 3.01. The molecule has 1 fully saturated rings. The number of carbonyl (C=O) groups is 1. The van der Waals surface area contributed by atoms with Crippen molar-refractivity contribution in [1.29, 1.82) is 0 Å². The summed E-state index contributed by atoms with van der Waals surface area (Å²) in [6.45, 7) is 2.30. The molecule has 1 aliphatic carbocycles. The lowest BCUT2D eigenvalue weighted by Crippen LogP contribution is -2.53. The Hall–Kier alpha value is -1.10. The molecular weight excluding hydrogens is 312 g/mol. The highest BCUT2D eigenvalue weighted by molar-refractivity contribution is 5.85. The van der Waals surface area contributed by atoms with Gasteiger partial charge >= 0.3 is 0 Å². The van der Waals surface area contributed by atoms with Crippen molar-refractivity contribution in [2.45, 2.75) is 43.6 Å². The van der Waals surface area contributed by atoms with E-state index in [-0.39, 0.29) is 29.8 Å². The van der Waals surface area contributed by atoms with E-state index in [1.807, 2.05) is 6.07 Å². The first-order valence-electron chi connectivity index (χ1n) is 8.34. The quantitative estimate of drug-likeness (QED) is 0.867. The van der Waals surface area contributed by atoms with Gasteiger partial charge in [-0.2, -0.15) is 0 Å². The molecule has 4 nitrogen and oxygen atoms in total. The molecule has 0 aromatic heterocycles. The van der Waals surface area contributed by atoms with E-state index < -0.39 is 0 Å². The van der Waals surface area contributed by atoms with E-state index in [0.29, 0.717) is 13.2 Å². The lowest BCUT2D eigenvalue weighted by molar-refractivity contribution is -0.123. The fraction of sp³-hybridized carbons (Fsp3) is 0.611. The molecule has 0 bridgehead atoms. The van der Waals surface area contributed by atoms with Crippen LogP contribution in [-0.4, -0.2) is 38.3 Å². The van der Waals surface area contributed by atoms with Crippen molar-refractivity contribution >= 4 is 18.3 Å². The Balaban J connectivity index is 0.00000192. The van der Waals surface area contributed by atoms with Crippen molar-refractivity contribution < 1.29 is 9.53 Å². The van der Waals surface area contributed by atoms with Crippen LogP contribution >= 0.6 is 12.4 Å². The molecule has 1 aromatic carbocycles. The monoisotopic (exact) mass is 338 g/mol. The highest BCUT2D eigenvalue weighted by Gasteiger charge is 2.35. The fourth-order valence-corrected chi connectivity index (χ4v) is 3.88. The van der Waals surface area contributed by atoms with Gasteiger partial charge in [0.15, 0.2) is 0 Å². The first-order valence-corrected chi connectivity index (χ1v) is 8.34. The third kappa shape index (κ3) is 4.06. The molecule has 1 saturated heterocycles. The minimum absolute atomic E-state index is 0. The minimum atomic E-state index is -0.0847. The van der Waals surface area contributed by atoms with E-state index in [2.05, 4.69) is 28.8 Å². The molecule has 0 radical (unpaired) electrons. The summed E-state index contributed by atoms with van der Waals surface area (Å²) >= 11 is 0. The molecule has 1 aliphatic heterocycles. The molecule has 1 aromatic rings. The van der Waals surface area contributed by atoms with Crippen LogP contribution < -0.4 is 10.6 Å². The Kier molecular flexibility index (Phi) is 6.45. The highest BCUT2D eigenvalue weighted by Crippen LogP contribution is 2.31. The summed E-state index contributed by atoms with van der Waals surface area (Å²) < 4.78 is 5.35. The summed E-state index contributed by atoms with van der Waals surface area (Å²) in [7, 11) is 1.72. The summed E-state index contributed by atoms with van der Waals surface area (Å²) in [5, 5.41) is 6.69. The van der Waals surface area contributed by atoms with Crippen LogP contribution in [0.2, 0.25) is 0 Å². The second kappa shape index (κ2) is 8.13. The lowest BCUT2D eigenvalue weighted by Gasteiger charge is -2.31. The molecule has 128 valence electrons. The fourth-order valence-electron chi connectivity index (χ4n) is 3.88. The first kappa shape index (κ1) is 18.2. The molecular formula is C18H27ClN2O2. The Morgan fingerprint density at radius 2 is 2.22 bits per heavy atom. The first-order chi connectivity index (χ1) is 10.7.